The first kappa shape index (κ1) is 7.99. The zero-order valence-corrected chi connectivity index (χ0v) is 7.23. The van der Waals surface area contributed by atoms with Crippen LogP contribution in [-0.4, -0.2) is 17.0 Å². The first-order valence-corrected chi connectivity index (χ1v) is 4.58. The maximum Gasteiger partial charge on any atom is 0.164 e. The highest BCUT2D eigenvalue weighted by Crippen LogP contribution is 2.44. The minimum Gasteiger partial charge on any atom is -0.386 e. The maximum absolute atomic E-state index is 11.5. The third-order valence-corrected chi connectivity index (χ3v) is 3.06. The number of hydrogen-bond donors (Lipinski definition) is 1. The average molecular weight is 166 g/mol. The number of allylic oxidation sites excluding steroid dienone is 2. The molecule has 0 aromatic heterocycles. The summed E-state index contributed by atoms with van der Waals surface area (Å²) in [6.45, 7) is 1.57. The molecule has 4 unspecified atom stereocenters. The zero-order valence-electron chi connectivity index (χ0n) is 7.23. The summed E-state index contributed by atoms with van der Waals surface area (Å²) in [6, 6.07) is 0. The molecule has 2 nitrogen and oxygen atoms in total. The van der Waals surface area contributed by atoms with Gasteiger partial charge in [0.1, 0.15) is 6.10 Å². The fourth-order valence-electron chi connectivity index (χ4n) is 2.42. The number of carbonyl (C=O) groups is 1. The summed E-state index contributed by atoms with van der Waals surface area (Å²) in [5, 5.41) is 9.14. The lowest BCUT2D eigenvalue weighted by Crippen LogP contribution is -2.28. The molecule has 0 saturated heterocycles. The summed E-state index contributed by atoms with van der Waals surface area (Å²) in [6.07, 6.45) is 5.66. The van der Waals surface area contributed by atoms with Crippen LogP contribution in [0.2, 0.25) is 0 Å². The lowest BCUT2D eigenvalue weighted by Gasteiger charge is -2.17. The van der Waals surface area contributed by atoms with E-state index in [2.05, 4.69) is 12.2 Å². The van der Waals surface area contributed by atoms with Gasteiger partial charge in [0.2, 0.25) is 0 Å². The summed E-state index contributed by atoms with van der Waals surface area (Å²) >= 11 is 0. The van der Waals surface area contributed by atoms with E-state index in [0.29, 0.717) is 11.8 Å². The Kier molecular flexibility index (Phi) is 1.80. The molecule has 2 aliphatic carbocycles. The van der Waals surface area contributed by atoms with Gasteiger partial charge < -0.3 is 5.11 Å². The van der Waals surface area contributed by atoms with Crippen molar-refractivity contribution in [3.8, 4) is 0 Å². The molecule has 2 aliphatic rings. The van der Waals surface area contributed by atoms with Crippen LogP contribution in [0.15, 0.2) is 12.2 Å². The molecule has 0 spiro atoms. The smallest absolute Gasteiger partial charge is 0.164 e. The normalized spacial score (nSPS) is 40.3. The zero-order chi connectivity index (χ0) is 8.72. The van der Waals surface area contributed by atoms with Crippen LogP contribution in [0.4, 0.5) is 0 Å². The Morgan fingerprint density at radius 1 is 1.50 bits per heavy atom. The van der Waals surface area contributed by atoms with Crippen LogP contribution in [-0.2, 0) is 4.79 Å². The van der Waals surface area contributed by atoms with E-state index in [0.717, 1.165) is 12.8 Å². The highest BCUT2D eigenvalue weighted by Gasteiger charge is 2.40. The minimum atomic E-state index is -0.775. The van der Waals surface area contributed by atoms with Gasteiger partial charge in [-0.25, -0.2) is 0 Å². The monoisotopic (exact) mass is 166 g/mol. The second kappa shape index (κ2) is 2.70. The van der Waals surface area contributed by atoms with E-state index in [1.165, 1.54) is 0 Å². The molecule has 66 valence electrons. The van der Waals surface area contributed by atoms with Crippen molar-refractivity contribution in [3.05, 3.63) is 12.2 Å². The summed E-state index contributed by atoms with van der Waals surface area (Å²) in [7, 11) is 0. The van der Waals surface area contributed by atoms with Crippen LogP contribution in [0.3, 0.4) is 0 Å². The van der Waals surface area contributed by atoms with Gasteiger partial charge in [0.05, 0.1) is 0 Å². The Morgan fingerprint density at radius 2 is 2.25 bits per heavy atom. The van der Waals surface area contributed by atoms with Crippen molar-refractivity contribution >= 4 is 5.78 Å². The Morgan fingerprint density at radius 3 is 2.67 bits per heavy atom. The maximum atomic E-state index is 11.5. The van der Waals surface area contributed by atoms with Crippen LogP contribution < -0.4 is 0 Å². The van der Waals surface area contributed by atoms with E-state index in [9.17, 15) is 4.79 Å². The number of fused-ring (bicyclic) bond motifs is 2. The van der Waals surface area contributed by atoms with Gasteiger partial charge in [-0.05, 0) is 31.6 Å². The SMILES string of the molecule is CC(O)C(=O)C1CC2C=CC1C2. The Hall–Kier alpha value is -0.630. The van der Waals surface area contributed by atoms with Gasteiger partial charge in [-0.2, -0.15) is 0 Å². The standard InChI is InChI=1S/C10H14O2/c1-6(11)10(12)9-5-7-2-3-8(9)4-7/h2-3,6-9,11H,4-5H2,1H3. The largest absolute Gasteiger partial charge is 0.386 e. The molecule has 0 aromatic carbocycles. The van der Waals surface area contributed by atoms with Gasteiger partial charge in [0.15, 0.2) is 5.78 Å². The van der Waals surface area contributed by atoms with Crippen molar-refractivity contribution in [2.45, 2.75) is 25.9 Å². The van der Waals surface area contributed by atoms with Gasteiger partial charge in [-0.3, -0.25) is 4.79 Å². The first-order valence-electron chi connectivity index (χ1n) is 4.58. The quantitative estimate of drug-likeness (QED) is 0.625. The van der Waals surface area contributed by atoms with Crippen molar-refractivity contribution in [1.29, 1.82) is 0 Å². The van der Waals surface area contributed by atoms with E-state index < -0.39 is 6.10 Å². The van der Waals surface area contributed by atoms with E-state index in [1.54, 1.807) is 6.92 Å². The summed E-state index contributed by atoms with van der Waals surface area (Å²) in [5.41, 5.74) is 0. The molecular weight excluding hydrogens is 152 g/mol. The molecule has 0 radical (unpaired) electrons. The summed E-state index contributed by atoms with van der Waals surface area (Å²) in [5.74, 6) is 1.19. The number of aliphatic hydroxyl groups is 1. The second-order valence-electron chi connectivity index (χ2n) is 3.97. The molecule has 1 saturated carbocycles. The molecule has 0 heterocycles. The summed E-state index contributed by atoms with van der Waals surface area (Å²) in [4.78, 5) is 11.5. The number of ketones is 1. The Bertz CT molecular complexity index is 230. The van der Waals surface area contributed by atoms with Gasteiger partial charge in [0.25, 0.3) is 0 Å². The topological polar surface area (TPSA) is 37.3 Å². The van der Waals surface area contributed by atoms with Gasteiger partial charge in [-0.1, -0.05) is 12.2 Å². The molecule has 0 aliphatic heterocycles. The average Bonchev–Trinajstić information content (AvgIpc) is 2.62. The van der Waals surface area contributed by atoms with Crippen LogP contribution >= 0.6 is 0 Å². The third-order valence-electron chi connectivity index (χ3n) is 3.06. The van der Waals surface area contributed by atoms with Crippen molar-refractivity contribution in [2.75, 3.05) is 0 Å². The van der Waals surface area contributed by atoms with E-state index >= 15 is 0 Å². The van der Waals surface area contributed by atoms with Crippen LogP contribution in [0, 0.1) is 17.8 Å². The molecule has 2 heteroatoms. The first-order chi connectivity index (χ1) is 5.68. The van der Waals surface area contributed by atoms with Crippen LogP contribution in [0.5, 0.6) is 0 Å². The highest BCUT2D eigenvalue weighted by atomic mass is 16.3. The number of carbonyl (C=O) groups excluding carboxylic acids is 1. The third kappa shape index (κ3) is 1.11. The molecule has 12 heavy (non-hydrogen) atoms. The number of Topliss-reactive ketones (excluding diaryl/α,β-unsaturated/α-hetero) is 1. The molecule has 2 bridgehead atoms. The van der Waals surface area contributed by atoms with Crippen LogP contribution in [0.1, 0.15) is 19.8 Å². The predicted molar refractivity (Wildman–Crippen MR) is 45.5 cm³/mol. The van der Waals surface area contributed by atoms with Crippen molar-refractivity contribution in [1.82, 2.24) is 0 Å². The Labute approximate surface area is 72.3 Å². The molecule has 0 aromatic rings. The van der Waals surface area contributed by atoms with E-state index in [1.807, 2.05) is 0 Å². The number of rotatable bonds is 2. The predicted octanol–water partition coefficient (Wildman–Crippen LogP) is 1.15. The van der Waals surface area contributed by atoms with Crippen molar-refractivity contribution in [2.24, 2.45) is 17.8 Å². The molecule has 0 amide bonds. The fourth-order valence-corrected chi connectivity index (χ4v) is 2.42. The minimum absolute atomic E-state index is 0.0341. The van der Waals surface area contributed by atoms with Gasteiger partial charge in [-0.15, -0.1) is 0 Å². The number of hydrogen-bond acceptors (Lipinski definition) is 2. The molecule has 1 fully saturated rings. The van der Waals surface area contributed by atoms with Crippen LogP contribution in [0.25, 0.3) is 0 Å². The summed E-state index contributed by atoms with van der Waals surface area (Å²) < 4.78 is 0. The molecule has 1 N–H and O–H groups in total. The second-order valence-corrected chi connectivity index (χ2v) is 3.97. The van der Waals surface area contributed by atoms with Crippen molar-refractivity contribution in [3.63, 3.8) is 0 Å². The van der Waals surface area contributed by atoms with E-state index in [-0.39, 0.29) is 11.7 Å². The van der Waals surface area contributed by atoms with Gasteiger partial charge >= 0.3 is 0 Å². The highest BCUT2D eigenvalue weighted by molar-refractivity contribution is 5.85. The lowest BCUT2D eigenvalue weighted by atomic mass is 9.88. The fraction of sp³-hybridized carbons (Fsp3) is 0.700. The molecular formula is C10H14O2. The molecule has 4 atom stereocenters. The Balaban J connectivity index is 2.08. The van der Waals surface area contributed by atoms with Gasteiger partial charge in [0, 0.05) is 5.92 Å². The lowest BCUT2D eigenvalue weighted by molar-refractivity contribution is -0.131. The van der Waals surface area contributed by atoms with E-state index in [4.69, 9.17) is 5.11 Å². The number of aliphatic hydroxyl groups excluding tert-OH is 1. The van der Waals surface area contributed by atoms with Crippen molar-refractivity contribution < 1.29 is 9.90 Å². The molecule has 2 rings (SSSR count).